The largest absolute Gasteiger partial charge is 0.438 e. The molecule has 1 heterocycles. The topological polar surface area (TPSA) is 35.5 Å². The normalized spacial score (nSPS) is 20.7. The predicted molar refractivity (Wildman–Crippen MR) is 74.3 cm³/mol. The van der Waals surface area contributed by atoms with Crippen LogP contribution in [0, 0.1) is 10.8 Å². The fraction of sp³-hybridized carbons (Fsp3) is 0.933. The van der Waals surface area contributed by atoms with Crippen molar-refractivity contribution in [2.45, 2.75) is 73.5 Å². The van der Waals surface area contributed by atoms with E-state index in [0.717, 1.165) is 25.9 Å². The predicted octanol–water partition coefficient (Wildman–Crippen LogP) is 4.15. The molecular formula is C15H30O3. The molecule has 0 aromatic carbocycles. The van der Waals surface area contributed by atoms with Crippen molar-refractivity contribution in [2.75, 3.05) is 6.61 Å². The first-order valence-electron chi connectivity index (χ1n) is 6.95. The molecule has 1 rings (SSSR count). The van der Waals surface area contributed by atoms with Crippen LogP contribution in [0.25, 0.3) is 0 Å². The Morgan fingerprint density at radius 3 is 2.11 bits per heavy atom. The summed E-state index contributed by atoms with van der Waals surface area (Å²) in [5, 5.41) is 0. The lowest BCUT2D eigenvalue weighted by Gasteiger charge is -2.37. The molecule has 0 amide bonds. The summed E-state index contributed by atoms with van der Waals surface area (Å²) in [4.78, 5) is 9.77. The first-order chi connectivity index (χ1) is 8.24. The number of hydrogen-bond donors (Lipinski definition) is 0. The number of hydrogen-bond acceptors (Lipinski definition) is 3. The average Bonchev–Trinajstić information content (AvgIpc) is 2.30. The van der Waals surface area contributed by atoms with E-state index < -0.39 is 0 Å². The van der Waals surface area contributed by atoms with Gasteiger partial charge in [0.05, 0.1) is 6.61 Å². The lowest BCUT2D eigenvalue weighted by atomic mass is 9.68. The van der Waals surface area contributed by atoms with Crippen LogP contribution in [0.15, 0.2) is 0 Å². The summed E-state index contributed by atoms with van der Waals surface area (Å²) in [6, 6.07) is 0. The average molecular weight is 258 g/mol. The second kappa shape index (κ2) is 7.78. The summed E-state index contributed by atoms with van der Waals surface area (Å²) < 4.78 is 9.64. The van der Waals surface area contributed by atoms with E-state index in [9.17, 15) is 4.79 Å². The van der Waals surface area contributed by atoms with E-state index in [0.29, 0.717) is 17.3 Å². The van der Waals surface area contributed by atoms with Crippen molar-refractivity contribution in [3.05, 3.63) is 0 Å². The molecule has 0 aliphatic carbocycles. The van der Waals surface area contributed by atoms with E-state index in [4.69, 9.17) is 4.74 Å². The first-order valence-corrected chi connectivity index (χ1v) is 6.95. The zero-order chi connectivity index (χ0) is 14.2. The standard InChI is InChI=1S/C9H20.C6H10O3/c1-7-9(5,6)8(2,3)4;7-5-9-6-3-1-2-4-8-6/h7H2,1-6H3;5-6H,1-4H2. The van der Waals surface area contributed by atoms with Gasteiger partial charge in [-0.2, -0.15) is 0 Å². The Hall–Kier alpha value is -0.570. The van der Waals surface area contributed by atoms with Crippen LogP contribution in [-0.4, -0.2) is 19.4 Å². The van der Waals surface area contributed by atoms with Crippen molar-refractivity contribution in [3.8, 4) is 0 Å². The molecule has 0 spiro atoms. The zero-order valence-corrected chi connectivity index (χ0v) is 12.9. The third kappa shape index (κ3) is 6.39. The monoisotopic (exact) mass is 258 g/mol. The molecule has 0 aromatic rings. The summed E-state index contributed by atoms with van der Waals surface area (Å²) in [5.74, 6) is 0. The highest BCUT2D eigenvalue weighted by Gasteiger charge is 2.30. The molecule has 18 heavy (non-hydrogen) atoms. The molecule has 3 heteroatoms. The summed E-state index contributed by atoms with van der Waals surface area (Å²) in [6.07, 6.45) is 4.02. The van der Waals surface area contributed by atoms with Crippen LogP contribution in [0.3, 0.4) is 0 Å². The molecule has 0 N–H and O–H groups in total. The molecule has 1 aliphatic rings. The van der Waals surface area contributed by atoms with Crippen LogP contribution in [-0.2, 0) is 14.3 Å². The molecule has 0 bridgehead atoms. The Labute approximate surface area is 112 Å². The molecule has 1 unspecified atom stereocenters. The minimum Gasteiger partial charge on any atom is -0.438 e. The van der Waals surface area contributed by atoms with Gasteiger partial charge < -0.3 is 9.47 Å². The van der Waals surface area contributed by atoms with Crippen molar-refractivity contribution in [1.29, 1.82) is 0 Å². The van der Waals surface area contributed by atoms with Crippen molar-refractivity contribution in [2.24, 2.45) is 10.8 Å². The SMILES string of the molecule is CCC(C)(C)C(C)(C)C.O=COC1CCCCO1. The highest BCUT2D eigenvalue weighted by Crippen LogP contribution is 2.40. The third-order valence-electron chi connectivity index (χ3n) is 4.26. The molecule has 108 valence electrons. The van der Waals surface area contributed by atoms with E-state index in [2.05, 4.69) is 46.3 Å². The number of ether oxygens (including phenoxy) is 2. The van der Waals surface area contributed by atoms with Gasteiger partial charge >= 0.3 is 0 Å². The second-order valence-electron chi connectivity index (χ2n) is 6.52. The number of rotatable bonds is 3. The molecule has 1 atom stereocenters. The van der Waals surface area contributed by atoms with Crippen molar-refractivity contribution in [1.82, 2.24) is 0 Å². The summed E-state index contributed by atoms with van der Waals surface area (Å²) in [7, 11) is 0. The van der Waals surface area contributed by atoms with Crippen molar-refractivity contribution < 1.29 is 14.3 Å². The lowest BCUT2D eigenvalue weighted by molar-refractivity contribution is -0.172. The lowest BCUT2D eigenvalue weighted by Crippen LogP contribution is -2.28. The van der Waals surface area contributed by atoms with Crippen LogP contribution in [0.5, 0.6) is 0 Å². The van der Waals surface area contributed by atoms with Crippen molar-refractivity contribution in [3.63, 3.8) is 0 Å². The number of carbonyl (C=O) groups is 1. The second-order valence-corrected chi connectivity index (χ2v) is 6.52. The Morgan fingerprint density at radius 2 is 1.83 bits per heavy atom. The fourth-order valence-electron chi connectivity index (χ4n) is 1.41. The maximum absolute atomic E-state index is 9.77. The molecule has 1 aliphatic heterocycles. The van der Waals surface area contributed by atoms with Gasteiger partial charge in [-0.1, -0.05) is 48.0 Å². The Bertz CT molecular complexity index is 222. The summed E-state index contributed by atoms with van der Waals surface area (Å²) in [5.41, 5.74) is 0.925. The van der Waals surface area contributed by atoms with Gasteiger partial charge in [0.2, 0.25) is 6.29 Å². The van der Waals surface area contributed by atoms with Crippen LogP contribution in [0.1, 0.15) is 67.2 Å². The van der Waals surface area contributed by atoms with Crippen molar-refractivity contribution >= 4 is 6.47 Å². The quantitative estimate of drug-likeness (QED) is 0.713. The van der Waals surface area contributed by atoms with Crippen LogP contribution in [0.4, 0.5) is 0 Å². The Morgan fingerprint density at radius 1 is 1.22 bits per heavy atom. The molecule has 3 nitrogen and oxygen atoms in total. The highest BCUT2D eigenvalue weighted by molar-refractivity contribution is 5.37. The van der Waals surface area contributed by atoms with Gasteiger partial charge in [-0.3, -0.25) is 4.79 Å². The third-order valence-corrected chi connectivity index (χ3v) is 4.26. The highest BCUT2D eigenvalue weighted by atomic mass is 16.7. The van der Waals surface area contributed by atoms with E-state index in [1.54, 1.807) is 0 Å². The van der Waals surface area contributed by atoms with E-state index in [1.807, 2.05) is 0 Å². The molecule has 0 saturated carbocycles. The Kier molecular flexibility index (Phi) is 7.53. The van der Waals surface area contributed by atoms with E-state index in [-0.39, 0.29) is 6.29 Å². The maximum atomic E-state index is 9.77. The maximum Gasteiger partial charge on any atom is 0.295 e. The molecule has 0 radical (unpaired) electrons. The molecule has 1 saturated heterocycles. The van der Waals surface area contributed by atoms with Gasteiger partial charge in [0.15, 0.2) is 0 Å². The minimum absolute atomic E-state index is 0.267. The number of carbonyl (C=O) groups excluding carboxylic acids is 1. The molecule has 0 aromatic heterocycles. The zero-order valence-electron chi connectivity index (χ0n) is 12.9. The Balaban J connectivity index is 0.000000321. The smallest absolute Gasteiger partial charge is 0.295 e. The summed E-state index contributed by atoms with van der Waals surface area (Å²) in [6.45, 7) is 15.0. The van der Waals surface area contributed by atoms with E-state index in [1.165, 1.54) is 6.42 Å². The first kappa shape index (κ1) is 17.4. The molecular weight excluding hydrogens is 228 g/mol. The van der Waals surface area contributed by atoms with Gasteiger partial charge in [0.25, 0.3) is 6.47 Å². The van der Waals surface area contributed by atoms with Gasteiger partial charge in [0, 0.05) is 6.42 Å². The van der Waals surface area contributed by atoms with Gasteiger partial charge in [-0.25, -0.2) is 0 Å². The van der Waals surface area contributed by atoms with E-state index >= 15 is 0 Å². The minimum atomic E-state index is -0.267. The molecule has 1 fully saturated rings. The van der Waals surface area contributed by atoms with Crippen LogP contribution in [0.2, 0.25) is 0 Å². The van der Waals surface area contributed by atoms with Crippen LogP contribution < -0.4 is 0 Å². The fourth-order valence-corrected chi connectivity index (χ4v) is 1.41. The van der Waals surface area contributed by atoms with Crippen LogP contribution >= 0.6 is 0 Å². The van der Waals surface area contributed by atoms with Gasteiger partial charge in [0.1, 0.15) is 0 Å². The van der Waals surface area contributed by atoms with Gasteiger partial charge in [-0.05, 0) is 23.7 Å². The summed E-state index contributed by atoms with van der Waals surface area (Å²) >= 11 is 0. The van der Waals surface area contributed by atoms with Gasteiger partial charge in [-0.15, -0.1) is 0 Å².